The van der Waals surface area contributed by atoms with Gasteiger partial charge >= 0.3 is 0 Å². The van der Waals surface area contributed by atoms with E-state index in [2.05, 4.69) is 5.32 Å². The third-order valence-corrected chi connectivity index (χ3v) is 9.29. The molecule has 0 aromatic heterocycles. The number of ether oxygens (including phenoxy) is 1. The molecule has 0 heterocycles. The van der Waals surface area contributed by atoms with Gasteiger partial charge < -0.3 is 15.0 Å². The van der Waals surface area contributed by atoms with Gasteiger partial charge in [0, 0.05) is 23.5 Å². The van der Waals surface area contributed by atoms with Gasteiger partial charge in [0.05, 0.1) is 17.7 Å². The molecule has 0 saturated carbocycles. The van der Waals surface area contributed by atoms with Crippen molar-refractivity contribution in [2.24, 2.45) is 0 Å². The maximum Gasteiger partial charge on any atom is 0.264 e. The Labute approximate surface area is 277 Å². The molecular formula is C36H40ClN3O5S. The molecule has 8 nitrogen and oxygen atoms in total. The first-order chi connectivity index (χ1) is 21.8. The molecular weight excluding hydrogens is 622 g/mol. The van der Waals surface area contributed by atoms with Gasteiger partial charge in [-0.2, -0.15) is 0 Å². The summed E-state index contributed by atoms with van der Waals surface area (Å²) in [7, 11) is -2.75. The average Bonchev–Trinajstić information content (AvgIpc) is 3.01. The van der Waals surface area contributed by atoms with Gasteiger partial charge in [-0.3, -0.25) is 13.9 Å². The van der Waals surface area contributed by atoms with E-state index in [1.54, 1.807) is 36.4 Å². The maximum absolute atomic E-state index is 14.6. The van der Waals surface area contributed by atoms with Gasteiger partial charge in [-0.15, -0.1) is 0 Å². The fourth-order valence-electron chi connectivity index (χ4n) is 5.03. The third-order valence-electron chi connectivity index (χ3n) is 7.25. The zero-order chi connectivity index (χ0) is 33.5. The molecule has 0 aliphatic rings. The molecule has 1 N–H and O–H groups in total. The van der Waals surface area contributed by atoms with Gasteiger partial charge in [-0.25, -0.2) is 8.42 Å². The molecule has 0 bridgehead atoms. The maximum atomic E-state index is 14.6. The Morgan fingerprint density at radius 2 is 1.50 bits per heavy atom. The summed E-state index contributed by atoms with van der Waals surface area (Å²) < 4.78 is 34.6. The molecule has 4 rings (SSSR count). The number of halogens is 1. The van der Waals surface area contributed by atoms with Crippen molar-refractivity contribution < 1.29 is 22.7 Å². The number of nitrogens with one attached hydrogen (secondary N) is 1. The molecule has 4 aromatic carbocycles. The largest absolute Gasteiger partial charge is 0.497 e. The summed E-state index contributed by atoms with van der Waals surface area (Å²) in [6.45, 7) is 7.11. The van der Waals surface area contributed by atoms with Crippen LogP contribution in [0.4, 0.5) is 5.69 Å². The van der Waals surface area contributed by atoms with E-state index >= 15 is 0 Å². The second kappa shape index (κ2) is 14.8. The molecule has 0 saturated heterocycles. The Morgan fingerprint density at radius 3 is 2.09 bits per heavy atom. The number of rotatable bonds is 12. The minimum absolute atomic E-state index is 0.0207. The summed E-state index contributed by atoms with van der Waals surface area (Å²) in [6.07, 6.45) is 0.229. The summed E-state index contributed by atoms with van der Waals surface area (Å²) in [6, 6.07) is 28.4. The number of amides is 2. The number of nitrogens with zero attached hydrogens (tertiary/aromatic N) is 2. The lowest BCUT2D eigenvalue weighted by Gasteiger charge is -2.35. The number of aryl methyl sites for hydroxylation is 1. The van der Waals surface area contributed by atoms with Gasteiger partial charge in [0.2, 0.25) is 11.8 Å². The first-order valence-electron chi connectivity index (χ1n) is 14.9. The van der Waals surface area contributed by atoms with Crippen LogP contribution in [0.2, 0.25) is 5.02 Å². The number of hydrogen-bond donors (Lipinski definition) is 1. The van der Waals surface area contributed by atoms with Gasteiger partial charge in [-0.1, -0.05) is 71.8 Å². The second-order valence-corrected chi connectivity index (χ2v) is 14.4. The lowest BCUT2D eigenvalue weighted by atomic mass is 10.0. The van der Waals surface area contributed by atoms with Crippen LogP contribution in [0, 0.1) is 6.92 Å². The van der Waals surface area contributed by atoms with Crippen LogP contribution >= 0.6 is 11.6 Å². The van der Waals surface area contributed by atoms with Crippen LogP contribution in [0.25, 0.3) is 0 Å². The molecule has 1 unspecified atom stereocenters. The Balaban J connectivity index is 1.81. The second-order valence-electron chi connectivity index (χ2n) is 12.1. The van der Waals surface area contributed by atoms with E-state index in [9.17, 15) is 18.0 Å². The molecule has 0 aliphatic carbocycles. The minimum Gasteiger partial charge on any atom is -0.497 e. The van der Waals surface area contributed by atoms with Crippen LogP contribution < -0.4 is 14.4 Å². The first kappa shape index (κ1) is 34.5. The first-order valence-corrected chi connectivity index (χ1v) is 16.7. The number of carbonyl (C=O) groups is 2. The van der Waals surface area contributed by atoms with E-state index in [0.29, 0.717) is 10.8 Å². The zero-order valence-corrected chi connectivity index (χ0v) is 28.3. The van der Waals surface area contributed by atoms with Crippen molar-refractivity contribution in [3.8, 4) is 5.75 Å². The summed E-state index contributed by atoms with van der Waals surface area (Å²) in [5.41, 5.74) is 2.35. The third kappa shape index (κ3) is 9.11. The molecule has 2 amide bonds. The lowest BCUT2D eigenvalue weighted by Crippen LogP contribution is -2.56. The highest BCUT2D eigenvalue weighted by Crippen LogP contribution is 2.27. The number of methoxy groups -OCH3 is 1. The fraction of sp³-hybridized carbons (Fsp3) is 0.278. The molecule has 0 spiro atoms. The van der Waals surface area contributed by atoms with Gasteiger partial charge in [0.25, 0.3) is 10.0 Å². The van der Waals surface area contributed by atoms with Crippen LogP contribution in [-0.2, 0) is 32.6 Å². The van der Waals surface area contributed by atoms with E-state index in [-0.39, 0.29) is 29.5 Å². The van der Waals surface area contributed by atoms with E-state index < -0.39 is 34.1 Å². The van der Waals surface area contributed by atoms with Crippen LogP contribution in [0.5, 0.6) is 5.75 Å². The number of hydrogen-bond acceptors (Lipinski definition) is 5. The van der Waals surface area contributed by atoms with E-state index in [1.807, 2.05) is 82.3 Å². The Hall–Kier alpha value is -4.34. The van der Waals surface area contributed by atoms with Crippen LogP contribution in [0.15, 0.2) is 108 Å². The van der Waals surface area contributed by atoms with Crippen molar-refractivity contribution in [3.63, 3.8) is 0 Å². The van der Waals surface area contributed by atoms with Crippen molar-refractivity contribution in [1.82, 2.24) is 10.2 Å². The highest BCUT2D eigenvalue weighted by atomic mass is 35.5. The Kier molecular flexibility index (Phi) is 11.1. The Morgan fingerprint density at radius 1 is 0.870 bits per heavy atom. The summed E-state index contributed by atoms with van der Waals surface area (Å²) in [5.74, 6) is -0.391. The van der Waals surface area contributed by atoms with Gasteiger partial charge in [0.15, 0.2) is 0 Å². The molecule has 46 heavy (non-hydrogen) atoms. The van der Waals surface area contributed by atoms with Crippen LogP contribution in [0.3, 0.4) is 0 Å². The normalized spacial score (nSPS) is 12.2. The molecule has 10 heteroatoms. The summed E-state index contributed by atoms with van der Waals surface area (Å²) >= 11 is 6.14. The summed E-state index contributed by atoms with van der Waals surface area (Å²) in [4.78, 5) is 30.0. The monoisotopic (exact) mass is 661 g/mol. The van der Waals surface area contributed by atoms with E-state index in [4.69, 9.17) is 16.3 Å². The number of carbonyl (C=O) groups excluding carboxylic acids is 2. The van der Waals surface area contributed by atoms with Crippen LogP contribution in [0.1, 0.15) is 37.5 Å². The topological polar surface area (TPSA) is 96.0 Å². The SMILES string of the molecule is COc1ccc(S(=O)(=O)N(CC(=O)N(Cc2cccc(C)c2)C(Cc2ccccc2)C(=O)NC(C)(C)C)c2ccc(Cl)cc2)cc1. The van der Waals surface area contributed by atoms with Gasteiger partial charge in [0.1, 0.15) is 18.3 Å². The van der Waals surface area contributed by atoms with Gasteiger partial charge in [-0.05, 0) is 87.4 Å². The number of sulfonamides is 1. The van der Waals surface area contributed by atoms with E-state index in [0.717, 1.165) is 21.0 Å². The van der Waals surface area contributed by atoms with Crippen molar-refractivity contribution >= 4 is 39.1 Å². The number of benzene rings is 4. The molecule has 242 valence electrons. The van der Waals surface area contributed by atoms with Crippen molar-refractivity contribution in [1.29, 1.82) is 0 Å². The highest BCUT2D eigenvalue weighted by Gasteiger charge is 2.35. The lowest BCUT2D eigenvalue weighted by molar-refractivity contribution is -0.140. The van der Waals surface area contributed by atoms with E-state index in [1.165, 1.54) is 24.1 Å². The Bertz CT molecular complexity index is 1740. The quantitative estimate of drug-likeness (QED) is 0.189. The standard InChI is InChI=1S/C36H40ClN3O5S/c1-26-10-9-13-28(22-26)24-39(33(35(42)38-36(2,3)4)23-27-11-7-6-8-12-27)34(41)25-40(30-16-14-29(37)15-17-30)46(43,44)32-20-18-31(45-5)19-21-32/h6-22,33H,23-25H2,1-5H3,(H,38,42). The smallest absolute Gasteiger partial charge is 0.264 e. The average molecular weight is 662 g/mol. The molecule has 0 aliphatic heterocycles. The van der Waals surface area contributed by atoms with Crippen molar-refractivity contribution in [2.45, 2.75) is 57.1 Å². The van der Waals surface area contributed by atoms with Crippen molar-refractivity contribution in [3.05, 3.63) is 125 Å². The summed E-state index contributed by atoms with van der Waals surface area (Å²) in [5, 5.41) is 3.46. The molecule has 4 aromatic rings. The predicted octanol–water partition coefficient (Wildman–Crippen LogP) is 6.41. The molecule has 1 atom stereocenters. The molecule has 0 fully saturated rings. The van der Waals surface area contributed by atoms with Crippen LogP contribution in [-0.4, -0.2) is 50.4 Å². The fourth-order valence-corrected chi connectivity index (χ4v) is 6.57. The minimum atomic E-state index is -4.25. The highest BCUT2D eigenvalue weighted by molar-refractivity contribution is 7.92. The zero-order valence-electron chi connectivity index (χ0n) is 26.7. The number of anilines is 1. The predicted molar refractivity (Wildman–Crippen MR) is 183 cm³/mol. The molecule has 0 radical (unpaired) electrons. The van der Waals surface area contributed by atoms with Crippen molar-refractivity contribution in [2.75, 3.05) is 18.0 Å².